The summed E-state index contributed by atoms with van der Waals surface area (Å²) in [5.74, 6) is 0. The molecule has 74 valence electrons. The van der Waals surface area contributed by atoms with E-state index in [1.165, 1.54) is 0 Å². The summed E-state index contributed by atoms with van der Waals surface area (Å²) in [4.78, 5) is 30.2. The molecule has 14 heavy (non-hydrogen) atoms. The normalized spacial score (nSPS) is 11.0. The van der Waals surface area contributed by atoms with E-state index in [4.69, 9.17) is 0 Å². The smallest absolute Gasteiger partial charge is 0.327 e. The van der Waals surface area contributed by atoms with Crippen molar-refractivity contribution in [1.29, 1.82) is 0 Å². The third-order valence-electron chi connectivity index (χ3n) is 2.40. The van der Waals surface area contributed by atoms with Crippen LogP contribution < -0.4 is 11.2 Å². The summed E-state index contributed by atoms with van der Waals surface area (Å²) in [6.45, 7) is 3.86. The van der Waals surface area contributed by atoms with Crippen LogP contribution in [0.5, 0.6) is 0 Å². The maximum atomic E-state index is 11.5. The predicted octanol–water partition coefficient (Wildman–Crippen LogP) is 0.415. The Morgan fingerprint density at radius 1 is 1.14 bits per heavy atom. The summed E-state index contributed by atoms with van der Waals surface area (Å²) in [7, 11) is 0. The summed E-state index contributed by atoms with van der Waals surface area (Å²) in [5.41, 5.74) is 1.57. The van der Waals surface area contributed by atoms with Gasteiger partial charge in [-0.3, -0.25) is 14.8 Å². The molecule has 2 heterocycles. The fraction of sp³-hybridized carbons (Fsp3) is 0.333. The lowest BCUT2D eigenvalue weighted by Crippen LogP contribution is -2.21. The van der Waals surface area contributed by atoms with Crippen LogP contribution in [0.4, 0.5) is 0 Å². The zero-order valence-corrected chi connectivity index (χ0v) is 8.02. The highest BCUT2D eigenvalue weighted by Gasteiger charge is 2.09. The molecule has 5 heteroatoms. The van der Waals surface area contributed by atoms with E-state index >= 15 is 0 Å². The number of aromatic amines is 3. The molecule has 0 aliphatic carbocycles. The van der Waals surface area contributed by atoms with E-state index in [0.29, 0.717) is 11.0 Å². The molecule has 0 aliphatic heterocycles. The Bertz CT molecular complexity index is 588. The van der Waals surface area contributed by atoms with E-state index in [2.05, 4.69) is 15.0 Å². The number of nitrogens with one attached hydrogen (secondary N) is 3. The van der Waals surface area contributed by atoms with Crippen LogP contribution in [0.15, 0.2) is 9.59 Å². The van der Waals surface area contributed by atoms with Crippen molar-refractivity contribution in [2.45, 2.75) is 20.3 Å². The molecule has 0 unspecified atom stereocenters. The lowest BCUT2D eigenvalue weighted by atomic mass is 10.2. The average molecular weight is 193 g/mol. The minimum Gasteiger partial charge on any atom is -0.344 e. The van der Waals surface area contributed by atoms with Gasteiger partial charge in [-0.15, -0.1) is 0 Å². The average Bonchev–Trinajstić information content (AvgIpc) is 2.42. The second-order valence-electron chi connectivity index (χ2n) is 3.24. The molecule has 0 aromatic carbocycles. The zero-order chi connectivity index (χ0) is 10.3. The molecule has 0 aliphatic rings. The molecule has 5 nitrogen and oxygen atoms in total. The summed E-state index contributed by atoms with van der Waals surface area (Å²) < 4.78 is 0. The summed E-state index contributed by atoms with van der Waals surface area (Å²) >= 11 is 0. The van der Waals surface area contributed by atoms with Crippen molar-refractivity contribution in [2.24, 2.45) is 0 Å². The predicted molar refractivity (Wildman–Crippen MR) is 53.7 cm³/mol. The quantitative estimate of drug-likeness (QED) is 0.613. The van der Waals surface area contributed by atoms with E-state index < -0.39 is 5.69 Å². The molecule has 0 spiro atoms. The molecule has 0 atom stereocenters. The Morgan fingerprint density at radius 2 is 1.86 bits per heavy atom. The van der Waals surface area contributed by atoms with Gasteiger partial charge in [0.15, 0.2) is 0 Å². The van der Waals surface area contributed by atoms with Crippen molar-refractivity contribution in [3.63, 3.8) is 0 Å². The molecule has 0 bridgehead atoms. The molecule has 0 fully saturated rings. The third-order valence-corrected chi connectivity index (χ3v) is 2.40. The molecule has 3 N–H and O–H groups in total. The van der Waals surface area contributed by atoms with Crippen molar-refractivity contribution >= 4 is 11.0 Å². The van der Waals surface area contributed by atoms with Gasteiger partial charge in [0.25, 0.3) is 5.56 Å². The monoisotopic (exact) mass is 193 g/mol. The molecule has 0 amide bonds. The number of fused-ring (bicyclic) bond motifs is 1. The first-order valence-corrected chi connectivity index (χ1v) is 4.47. The van der Waals surface area contributed by atoms with Crippen LogP contribution in [-0.2, 0) is 6.42 Å². The lowest BCUT2D eigenvalue weighted by molar-refractivity contribution is 1.04. The third kappa shape index (κ3) is 1.09. The van der Waals surface area contributed by atoms with Gasteiger partial charge in [-0.1, -0.05) is 6.92 Å². The topological polar surface area (TPSA) is 81.5 Å². The van der Waals surface area contributed by atoms with Crippen molar-refractivity contribution in [1.82, 2.24) is 15.0 Å². The van der Waals surface area contributed by atoms with Gasteiger partial charge in [0.2, 0.25) is 0 Å². The minimum absolute atomic E-state index is 0.336. The molecule has 2 aromatic rings. The molecule has 0 radical (unpaired) electrons. The van der Waals surface area contributed by atoms with Gasteiger partial charge in [0, 0.05) is 5.69 Å². The van der Waals surface area contributed by atoms with Crippen LogP contribution >= 0.6 is 0 Å². The van der Waals surface area contributed by atoms with Crippen molar-refractivity contribution in [3.8, 4) is 0 Å². The first-order chi connectivity index (χ1) is 6.63. The Kier molecular flexibility index (Phi) is 1.80. The summed E-state index contributed by atoms with van der Waals surface area (Å²) in [6.07, 6.45) is 0.808. The molecule has 0 saturated heterocycles. The first kappa shape index (κ1) is 8.80. The SMILES string of the molecule is CCc1[nH]c2[nH]c(=O)[nH]c(=O)c2c1C. The maximum absolute atomic E-state index is 11.5. The van der Waals surface area contributed by atoms with Crippen molar-refractivity contribution in [3.05, 3.63) is 32.1 Å². The van der Waals surface area contributed by atoms with Gasteiger partial charge < -0.3 is 4.98 Å². The Hall–Kier alpha value is -1.78. The highest BCUT2D eigenvalue weighted by Crippen LogP contribution is 2.15. The van der Waals surface area contributed by atoms with Gasteiger partial charge in [-0.05, 0) is 18.9 Å². The van der Waals surface area contributed by atoms with E-state index in [0.717, 1.165) is 17.7 Å². The molecule has 2 rings (SSSR count). The van der Waals surface area contributed by atoms with Gasteiger partial charge >= 0.3 is 5.69 Å². The fourth-order valence-electron chi connectivity index (χ4n) is 1.69. The molecule has 2 aromatic heterocycles. The largest absolute Gasteiger partial charge is 0.344 e. The maximum Gasteiger partial charge on any atom is 0.327 e. The van der Waals surface area contributed by atoms with Crippen LogP contribution in [0.3, 0.4) is 0 Å². The number of aromatic nitrogens is 3. The van der Waals surface area contributed by atoms with Crippen molar-refractivity contribution in [2.75, 3.05) is 0 Å². The van der Waals surface area contributed by atoms with E-state index in [9.17, 15) is 9.59 Å². The lowest BCUT2D eigenvalue weighted by Gasteiger charge is -1.90. The second kappa shape index (κ2) is 2.87. The summed E-state index contributed by atoms with van der Waals surface area (Å²) in [5, 5.41) is 0.543. The van der Waals surface area contributed by atoms with Gasteiger partial charge in [0.1, 0.15) is 5.65 Å². The Balaban J connectivity index is 3.00. The Morgan fingerprint density at radius 3 is 2.50 bits per heavy atom. The fourth-order valence-corrected chi connectivity index (χ4v) is 1.69. The first-order valence-electron chi connectivity index (χ1n) is 4.47. The van der Waals surface area contributed by atoms with Crippen LogP contribution in [0.2, 0.25) is 0 Å². The number of H-pyrrole nitrogens is 3. The van der Waals surface area contributed by atoms with Crippen LogP contribution in [0.25, 0.3) is 11.0 Å². The molecule has 0 saturated carbocycles. The standard InChI is InChI=1S/C9H11N3O2/c1-3-5-4(2)6-7(10-5)11-9(14)12-8(6)13/h3H2,1-2H3,(H3,10,11,12,13,14). The van der Waals surface area contributed by atoms with E-state index in [-0.39, 0.29) is 5.56 Å². The minimum atomic E-state index is -0.480. The van der Waals surface area contributed by atoms with E-state index in [1.54, 1.807) is 0 Å². The Labute approximate surface area is 79.2 Å². The van der Waals surface area contributed by atoms with Gasteiger partial charge in [-0.2, -0.15) is 0 Å². The van der Waals surface area contributed by atoms with Gasteiger partial charge in [-0.25, -0.2) is 4.79 Å². The number of aryl methyl sites for hydroxylation is 2. The highest BCUT2D eigenvalue weighted by atomic mass is 16.2. The van der Waals surface area contributed by atoms with E-state index in [1.807, 2.05) is 13.8 Å². The molecular weight excluding hydrogens is 182 g/mol. The highest BCUT2D eigenvalue weighted by molar-refractivity contribution is 5.79. The number of hydrogen-bond donors (Lipinski definition) is 3. The summed E-state index contributed by atoms with van der Waals surface area (Å²) in [6, 6.07) is 0. The van der Waals surface area contributed by atoms with Crippen LogP contribution in [0, 0.1) is 6.92 Å². The van der Waals surface area contributed by atoms with Gasteiger partial charge in [0.05, 0.1) is 5.39 Å². The number of rotatable bonds is 1. The second-order valence-corrected chi connectivity index (χ2v) is 3.24. The van der Waals surface area contributed by atoms with Crippen LogP contribution in [0.1, 0.15) is 18.2 Å². The van der Waals surface area contributed by atoms with Crippen LogP contribution in [-0.4, -0.2) is 15.0 Å². The van der Waals surface area contributed by atoms with Crippen molar-refractivity contribution < 1.29 is 0 Å². The number of hydrogen-bond acceptors (Lipinski definition) is 2. The zero-order valence-electron chi connectivity index (χ0n) is 8.02. The molecular formula is C9H11N3O2.